The number of nitrogens with one attached hydrogen (secondary N) is 1. The first-order chi connectivity index (χ1) is 22.3. The molecule has 13 heteroatoms. The fraction of sp³-hybridized carbons (Fsp3) is 0.600. The van der Waals surface area contributed by atoms with E-state index in [9.17, 15) is 35.9 Å². The van der Waals surface area contributed by atoms with Gasteiger partial charge in [0.1, 0.15) is 17.7 Å². The number of methoxy groups -OCH3 is 1. The molecular weight excluding hydrogens is 642 g/mol. The summed E-state index contributed by atoms with van der Waals surface area (Å²) in [6.07, 6.45) is -9.01. The molecule has 0 aromatic heterocycles. The van der Waals surface area contributed by atoms with Crippen LogP contribution in [0.5, 0.6) is 5.75 Å². The van der Waals surface area contributed by atoms with Gasteiger partial charge in [-0.05, 0) is 75.4 Å². The number of nitrogens with zero attached hydrogens (tertiary/aromatic N) is 1. The number of likely N-dealkylation sites (tertiary alicyclic amines) is 1. The normalized spacial score (nSPS) is 14.7. The molecule has 48 heavy (non-hydrogen) atoms. The largest absolute Gasteiger partial charge is 0.496 e. The summed E-state index contributed by atoms with van der Waals surface area (Å²) in [5.41, 5.74) is 3.42. The average molecular weight is 693 g/mol. The van der Waals surface area contributed by atoms with E-state index in [-0.39, 0.29) is 0 Å². The van der Waals surface area contributed by atoms with Gasteiger partial charge in [0.15, 0.2) is 0 Å². The van der Waals surface area contributed by atoms with Gasteiger partial charge >= 0.3 is 18.3 Å². The molecule has 0 spiro atoms. The lowest BCUT2D eigenvalue weighted by Gasteiger charge is -2.41. The van der Waals surface area contributed by atoms with Crippen molar-refractivity contribution < 1.29 is 50.5 Å². The second kappa shape index (κ2) is 19.6. The number of aliphatic carboxylic acids is 1. The summed E-state index contributed by atoms with van der Waals surface area (Å²) >= 11 is 0. The van der Waals surface area contributed by atoms with Gasteiger partial charge in [-0.3, -0.25) is 14.5 Å². The first kappa shape index (κ1) is 42.7. The summed E-state index contributed by atoms with van der Waals surface area (Å²) in [5.74, 6) is -1.20. The van der Waals surface area contributed by atoms with E-state index < -0.39 is 68.7 Å². The van der Waals surface area contributed by atoms with Crippen molar-refractivity contribution in [1.82, 2.24) is 10.2 Å². The van der Waals surface area contributed by atoms with Crippen LogP contribution in [0.2, 0.25) is 0 Å². The lowest BCUT2D eigenvalue weighted by molar-refractivity contribution is -0.236. The number of piperidine rings is 1. The molecule has 1 heterocycles. The van der Waals surface area contributed by atoms with Crippen LogP contribution >= 0.6 is 0 Å². The van der Waals surface area contributed by atoms with E-state index in [1.165, 1.54) is 34.2 Å². The molecule has 0 saturated carbocycles. The van der Waals surface area contributed by atoms with Crippen molar-refractivity contribution in [2.24, 2.45) is 11.3 Å². The maximum atomic E-state index is 13.2. The van der Waals surface area contributed by atoms with Crippen LogP contribution in [0.25, 0.3) is 0 Å². The number of rotatable bonds is 11. The Morgan fingerprint density at radius 2 is 1.60 bits per heavy atom. The van der Waals surface area contributed by atoms with Gasteiger partial charge in [0.05, 0.1) is 20.3 Å². The zero-order chi connectivity index (χ0) is 36.7. The summed E-state index contributed by atoms with van der Waals surface area (Å²) in [6.45, 7) is 10.8. The number of amides is 1. The molecule has 0 atom stereocenters. The number of ether oxygens (including phenoxy) is 2. The molecule has 272 valence electrons. The topological polar surface area (TPSA) is 88.1 Å². The average Bonchev–Trinajstić information content (AvgIpc) is 2.99. The predicted molar refractivity (Wildman–Crippen MR) is 173 cm³/mol. The van der Waals surface area contributed by atoms with Crippen LogP contribution < -0.4 is 10.1 Å². The molecule has 7 nitrogen and oxygen atoms in total. The van der Waals surface area contributed by atoms with Crippen molar-refractivity contribution in [2.75, 3.05) is 39.9 Å². The maximum absolute atomic E-state index is 13.2. The third-order valence-corrected chi connectivity index (χ3v) is 7.95. The number of benzene rings is 2. The maximum Gasteiger partial charge on any atom is 0.403 e. The Balaban J connectivity index is 0.000000421. The van der Waals surface area contributed by atoms with Crippen LogP contribution in [0.3, 0.4) is 0 Å². The molecule has 0 bridgehead atoms. The molecule has 2 N–H and O–H groups in total. The smallest absolute Gasteiger partial charge is 0.403 e. The minimum Gasteiger partial charge on any atom is -0.496 e. The van der Waals surface area contributed by atoms with Crippen molar-refractivity contribution in [3.8, 4) is 5.75 Å². The van der Waals surface area contributed by atoms with Crippen LogP contribution in [0.4, 0.5) is 26.3 Å². The zero-order valence-electron chi connectivity index (χ0n) is 28.9. The number of carboxylic acid groups (broad SMARTS) is 1. The summed E-state index contributed by atoms with van der Waals surface area (Å²) in [6, 6.07) is 12.9. The van der Waals surface area contributed by atoms with E-state index in [4.69, 9.17) is 14.6 Å². The van der Waals surface area contributed by atoms with Gasteiger partial charge in [0, 0.05) is 18.6 Å². The molecule has 1 aliphatic heterocycles. The van der Waals surface area contributed by atoms with Crippen molar-refractivity contribution in [2.45, 2.75) is 86.2 Å². The quantitative estimate of drug-likeness (QED) is 0.233. The number of carbonyl (C=O) groups excluding carboxylic acids is 1. The van der Waals surface area contributed by atoms with Crippen LogP contribution in [0.1, 0.15) is 74.8 Å². The molecule has 1 saturated heterocycles. The standard InChI is InChI=1S/C19H24O2.C11H14F6N2O3.C5H12/c1-5-21-13-17-10-15(3)18(19(12-17)20-4)11-16-8-6-7-14(2)9-16;12-10(13,14)6-19-3-1-9(2-4-19,11(15,16)17)8(22)18-5-7(20)21;1-4-5(2)3/h6-10,12H,5,11,13H2,1-4H3;1-6H2,(H,18,22)(H,20,21);5H,4H2,1-3H3. The third kappa shape index (κ3) is 14.4. The van der Waals surface area contributed by atoms with Gasteiger partial charge < -0.3 is 19.9 Å². The Labute approximate surface area is 280 Å². The highest BCUT2D eigenvalue weighted by molar-refractivity contribution is 5.86. The van der Waals surface area contributed by atoms with Crippen LogP contribution in [0, 0.1) is 25.2 Å². The number of alkyl halides is 6. The van der Waals surface area contributed by atoms with E-state index >= 15 is 0 Å². The van der Waals surface area contributed by atoms with E-state index in [0.717, 1.165) is 29.6 Å². The van der Waals surface area contributed by atoms with Gasteiger partial charge in [-0.1, -0.05) is 63.1 Å². The second-order valence-corrected chi connectivity index (χ2v) is 12.2. The summed E-state index contributed by atoms with van der Waals surface area (Å²) in [4.78, 5) is 22.8. The number of carbonyl (C=O) groups is 2. The SMILES string of the molecule is CCC(C)C.CCOCc1cc(C)c(Cc2cccc(C)c2)c(OC)c1.O=C(O)CNC(=O)C1(C(F)(F)F)CCN(CC(F)(F)F)CC1. The van der Waals surface area contributed by atoms with E-state index in [0.29, 0.717) is 6.61 Å². The molecule has 1 amide bonds. The van der Waals surface area contributed by atoms with Gasteiger partial charge in [0.25, 0.3) is 0 Å². The van der Waals surface area contributed by atoms with Gasteiger partial charge in [-0.25, -0.2) is 0 Å². The Morgan fingerprint density at radius 1 is 1.00 bits per heavy atom. The highest BCUT2D eigenvalue weighted by Gasteiger charge is 2.61. The predicted octanol–water partition coefficient (Wildman–Crippen LogP) is 7.89. The first-order valence-corrected chi connectivity index (χ1v) is 15.9. The molecule has 0 radical (unpaired) electrons. The Bertz CT molecular complexity index is 1290. The zero-order valence-corrected chi connectivity index (χ0v) is 28.9. The molecule has 2 aromatic carbocycles. The minimum absolute atomic E-state index is 0.556. The summed E-state index contributed by atoms with van der Waals surface area (Å²) < 4.78 is 87.3. The van der Waals surface area contributed by atoms with Gasteiger partial charge in [-0.2, -0.15) is 26.3 Å². The Morgan fingerprint density at radius 3 is 2.06 bits per heavy atom. The monoisotopic (exact) mass is 692 g/mol. The summed E-state index contributed by atoms with van der Waals surface area (Å²) in [7, 11) is 1.74. The fourth-order valence-electron chi connectivity index (χ4n) is 4.91. The molecule has 0 unspecified atom stereocenters. The van der Waals surface area contributed by atoms with E-state index in [1.807, 2.05) is 6.92 Å². The van der Waals surface area contributed by atoms with Crippen LogP contribution in [-0.2, 0) is 27.4 Å². The van der Waals surface area contributed by atoms with Gasteiger partial charge in [-0.15, -0.1) is 0 Å². The summed E-state index contributed by atoms with van der Waals surface area (Å²) in [5, 5.41) is 10.1. The van der Waals surface area contributed by atoms with Gasteiger partial charge in [0.2, 0.25) is 5.91 Å². The van der Waals surface area contributed by atoms with Crippen molar-refractivity contribution in [3.05, 3.63) is 64.2 Å². The molecule has 3 rings (SSSR count). The molecule has 2 aromatic rings. The number of hydrogen-bond donors (Lipinski definition) is 2. The molecule has 1 aliphatic rings. The Kier molecular flexibility index (Phi) is 17.5. The van der Waals surface area contributed by atoms with Crippen molar-refractivity contribution in [3.63, 3.8) is 0 Å². The molecule has 1 fully saturated rings. The van der Waals surface area contributed by atoms with E-state index in [1.54, 1.807) is 12.4 Å². The number of aryl methyl sites for hydroxylation is 2. The van der Waals surface area contributed by atoms with Crippen LogP contribution in [0.15, 0.2) is 36.4 Å². The lowest BCUT2D eigenvalue weighted by atomic mass is 9.76. The first-order valence-electron chi connectivity index (χ1n) is 15.9. The highest BCUT2D eigenvalue weighted by atomic mass is 19.4. The number of hydrogen-bond acceptors (Lipinski definition) is 5. The van der Waals surface area contributed by atoms with E-state index in [2.05, 4.69) is 71.0 Å². The van der Waals surface area contributed by atoms with Crippen LogP contribution in [-0.4, -0.2) is 74.1 Å². The van der Waals surface area contributed by atoms with Crippen molar-refractivity contribution >= 4 is 11.9 Å². The second-order valence-electron chi connectivity index (χ2n) is 12.2. The molecule has 0 aliphatic carbocycles. The lowest BCUT2D eigenvalue weighted by Crippen LogP contribution is -2.57. The highest BCUT2D eigenvalue weighted by Crippen LogP contribution is 2.46. The third-order valence-electron chi connectivity index (χ3n) is 7.95. The Hall–Kier alpha value is -3.32. The molecular formula is C35H50F6N2O5. The number of carboxylic acids is 1. The van der Waals surface area contributed by atoms with Crippen molar-refractivity contribution in [1.29, 1.82) is 0 Å². The fourth-order valence-corrected chi connectivity index (χ4v) is 4.91. The number of halogens is 6. The minimum atomic E-state index is -4.97.